The summed E-state index contributed by atoms with van der Waals surface area (Å²) in [5.74, 6) is 0.616. The fourth-order valence-corrected chi connectivity index (χ4v) is 5.87. The second-order valence-corrected chi connectivity index (χ2v) is 11.1. The van der Waals surface area contributed by atoms with Gasteiger partial charge in [-0.15, -0.1) is 23.1 Å². The van der Waals surface area contributed by atoms with Gasteiger partial charge < -0.3 is 20.7 Å². The number of amides is 1. The molecule has 0 spiro atoms. The van der Waals surface area contributed by atoms with Crippen LogP contribution in [-0.4, -0.2) is 23.1 Å². The van der Waals surface area contributed by atoms with Gasteiger partial charge in [0.25, 0.3) is 0 Å². The van der Waals surface area contributed by atoms with E-state index < -0.39 is 5.25 Å². The van der Waals surface area contributed by atoms with E-state index in [1.807, 2.05) is 115 Å². The first-order chi connectivity index (χ1) is 19.6. The molecule has 1 atom stereocenters. The van der Waals surface area contributed by atoms with Crippen molar-refractivity contribution in [1.29, 1.82) is 0 Å². The van der Waals surface area contributed by atoms with Crippen LogP contribution in [0.2, 0.25) is 0 Å². The van der Waals surface area contributed by atoms with Crippen molar-refractivity contribution >= 4 is 62.8 Å². The van der Waals surface area contributed by atoms with E-state index in [0.29, 0.717) is 10.2 Å². The topological polar surface area (TPSA) is 75.3 Å². The molecule has 0 radical (unpaired) electrons. The number of aromatic nitrogens is 1. The standard InChI is InChI=1S/C31H26N4O2S3/c1-37-25-14-8-11-22(19-25)27-20-39-31(34-27)35-29(36)28(21-9-4-2-5-10-21)40-26-17-15-24(16-18-26)33-30(38)32-23-12-6-3-7-13-23/h2-20,28H,1H3,(H2,32,33,38)(H,34,35,36). The molecule has 200 valence electrons. The molecule has 1 unspecified atom stereocenters. The minimum atomic E-state index is -0.468. The molecule has 0 bridgehead atoms. The van der Waals surface area contributed by atoms with Gasteiger partial charge in [0.15, 0.2) is 10.2 Å². The van der Waals surface area contributed by atoms with Crippen molar-refractivity contribution < 1.29 is 9.53 Å². The van der Waals surface area contributed by atoms with Crippen LogP contribution in [-0.2, 0) is 4.79 Å². The van der Waals surface area contributed by atoms with Crippen LogP contribution in [0.1, 0.15) is 10.8 Å². The third-order valence-electron chi connectivity index (χ3n) is 5.84. The highest BCUT2D eigenvalue weighted by atomic mass is 32.2. The maximum atomic E-state index is 13.5. The van der Waals surface area contributed by atoms with Gasteiger partial charge in [0, 0.05) is 27.2 Å². The Morgan fingerprint density at radius 1 is 0.850 bits per heavy atom. The molecule has 4 aromatic carbocycles. The molecule has 0 aliphatic rings. The number of rotatable bonds is 9. The third-order valence-corrected chi connectivity index (χ3v) is 8.07. The van der Waals surface area contributed by atoms with Crippen LogP contribution in [0.15, 0.2) is 119 Å². The van der Waals surface area contributed by atoms with Crippen molar-refractivity contribution in [3.63, 3.8) is 0 Å². The number of carbonyl (C=O) groups is 1. The zero-order chi connectivity index (χ0) is 27.7. The predicted octanol–water partition coefficient (Wildman–Crippen LogP) is 8.10. The number of thiocarbonyl (C=S) groups is 1. The number of nitrogens with zero attached hydrogens (tertiary/aromatic N) is 1. The van der Waals surface area contributed by atoms with Gasteiger partial charge >= 0.3 is 0 Å². The van der Waals surface area contributed by atoms with E-state index in [4.69, 9.17) is 17.0 Å². The van der Waals surface area contributed by atoms with Gasteiger partial charge in [0.2, 0.25) is 5.91 Å². The molecule has 5 aromatic rings. The number of benzene rings is 4. The normalized spacial score (nSPS) is 11.3. The van der Waals surface area contributed by atoms with Crippen molar-refractivity contribution in [2.75, 3.05) is 23.1 Å². The lowest BCUT2D eigenvalue weighted by molar-refractivity contribution is -0.115. The Morgan fingerprint density at radius 3 is 2.23 bits per heavy atom. The van der Waals surface area contributed by atoms with Gasteiger partial charge in [-0.25, -0.2) is 4.98 Å². The van der Waals surface area contributed by atoms with Gasteiger partial charge in [-0.1, -0.05) is 60.7 Å². The number of hydrogen-bond acceptors (Lipinski definition) is 6. The lowest BCUT2D eigenvalue weighted by Crippen LogP contribution is -2.19. The number of para-hydroxylation sites is 1. The van der Waals surface area contributed by atoms with E-state index in [2.05, 4.69) is 20.9 Å². The highest BCUT2D eigenvalue weighted by Crippen LogP contribution is 2.37. The average Bonchev–Trinajstić information content (AvgIpc) is 3.46. The second kappa shape index (κ2) is 13.3. The van der Waals surface area contributed by atoms with Crippen LogP contribution < -0.4 is 20.7 Å². The number of thioether (sulfide) groups is 1. The Kier molecular flexibility index (Phi) is 9.07. The van der Waals surface area contributed by atoms with E-state index >= 15 is 0 Å². The van der Waals surface area contributed by atoms with E-state index in [9.17, 15) is 4.79 Å². The molecule has 5 rings (SSSR count). The first kappa shape index (κ1) is 27.4. The summed E-state index contributed by atoms with van der Waals surface area (Å²) >= 11 is 8.31. The summed E-state index contributed by atoms with van der Waals surface area (Å²) in [7, 11) is 1.63. The van der Waals surface area contributed by atoms with Crippen LogP contribution in [0.4, 0.5) is 16.5 Å². The minimum Gasteiger partial charge on any atom is -0.497 e. The lowest BCUT2D eigenvalue weighted by atomic mass is 10.1. The molecule has 0 aliphatic carbocycles. The Morgan fingerprint density at radius 2 is 1.52 bits per heavy atom. The van der Waals surface area contributed by atoms with Crippen molar-refractivity contribution in [2.45, 2.75) is 10.1 Å². The van der Waals surface area contributed by atoms with Crippen LogP contribution in [0.3, 0.4) is 0 Å². The van der Waals surface area contributed by atoms with Gasteiger partial charge in [-0.05, 0) is 66.3 Å². The van der Waals surface area contributed by atoms with Crippen LogP contribution in [0.25, 0.3) is 11.3 Å². The molecule has 0 fully saturated rings. The van der Waals surface area contributed by atoms with Crippen LogP contribution in [0.5, 0.6) is 5.75 Å². The summed E-state index contributed by atoms with van der Waals surface area (Å²) in [4.78, 5) is 19.1. The third kappa shape index (κ3) is 7.26. The molecule has 9 heteroatoms. The summed E-state index contributed by atoms with van der Waals surface area (Å²) in [6.45, 7) is 0. The number of hydrogen-bond donors (Lipinski definition) is 3. The fraction of sp³-hybridized carbons (Fsp3) is 0.0645. The van der Waals surface area contributed by atoms with E-state index in [1.165, 1.54) is 23.1 Å². The quantitative estimate of drug-likeness (QED) is 0.120. The second-order valence-electron chi connectivity index (χ2n) is 8.64. The van der Waals surface area contributed by atoms with E-state index in [0.717, 1.165) is 38.8 Å². The number of nitrogens with one attached hydrogen (secondary N) is 3. The zero-order valence-corrected chi connectivity index (χ0v) is 24.0. The number of carbonyl (C=O) groups excluding carboxylic acids is 1. The highest BCUT2D eigenvalue weighted by Gasteiger charge is 2.23. The summed E-state index contributed by atoms with van der Waals surface area (Å²) < 4.78 is 5.32. The highest BCUT2D eigenvalue weighted by molar-refractivity contribution is 8.00. The molecule has 1 heterocycles. The van der Waals surface area contributed by atoms with Gasteiger partial charge in [0.1, 0.15) is 11.0 Å². The first-order valence-corrected chi connectivity index (χ1v) is 14.6. The monoisotopic (exact) mass is 582 g/mol. The van der Waals surface area contributed by atoms with Gasteiger partial charge in [-0.3, -0.25) is 4.79 Å². The lowest BCUT2D eigenvalue weighted by Gasteiger charge is -2.17. The maximum absolute atomic E-state index is 13.5. The smallest absolute Gasteiger partial charge is 0.244 e. The molecular weight excluding hydrogens is 557 g/mol. The maximum Gasteiger partial charge on any atom is 0.244 e. The summed E-state index contributed by atoms with van der Waals surface area (Å²) in [5, 5.41) is 11.9. The van der Waals surface area contributed by atoms with E-state index in [-0.39, 0.29) is 5.91 Å². The molecule has 1 aromatic heterocycles. The van der Waals surface area contributed by atoms with Crippen molar-refractivity contribution in [2.24, 2.45) is 0 Å². The number of thiazole rings is 1. The first-order valence-electron chi connectivity index (χ1n) is 12.4. The Labute approximate surface area is 246 Å². The number of methoxy groups -OCH3 is 1. The average molecular weight is 583 g/mol. The van der Waals surface area contributed by atoms with Crippen LogP contribution >= 0.6 is 35.3 Å². The molecule has 0 aliphatic heterocycles. The Balaban J connectivity index is 1.27. The fourth-order valence-electron chi connectivity index (χ4n) is 3.89. The largest absolute Gasteiger partial charge is 0.497 e. The molecule has 0 saturated heterocycles. The number of anilines is 3. The molecule has 40 heavy (non-hydrogen) atoms. The summed E-state index contributed by atoms with van der Waals surface area (Å²) in [6.07, 6.45) is 0. The summed E-state index contributed by atoms with van der Waals surface area (Å²) in [6, 6.07) is 35.0. The molecule has 0 saturated carbocycles. The SMILES string of the molecule is COc1cccc(-c2csc(NC(=O)C(Sc3ccc(NC(=S)Nc4ccccc4)cc3)c3ccccc3)n2)c1. The van der Waals surface area contributed by atoms with Crippen molar-refractivity contribution in [1.82, 2.24) is 4.98 Å². The predicted molar refractivity (Wildman–Crippen MR) is 170 cm³/mol. The van der Waals surface area contributed by atoms with Gasteiger partial charge in [0.05, 0.1) is 12.8 Å². The van der Waals surface area contributed by atoms with Crippen molar-refractivity contribution in [3.8, 4) is 17.0 Å². The molecule has 6 nitrogen and oxygen atoms in total. The van der Waals surface area contributed by atoms with E-state index in [1.54, 1.807) is 7.11 Å². The Bertz CT molecular complexity index is 1580. The minimum absolute atomic E-state index is 0.141. The molecule has 3 N–H and O–H groups in total. The molecular formula is C31H26N4O2S3. The molecule has 1 amide bonds. The van der Waals surface area contributed by atoms with Gasteiger partial charge in [-0.2, -0.15) is 0 Å². The summed E-state index contributed by atoms with van der Waals surface area (Å²) in [5.41, 5.74) is 4.39. The van der Waals surface area contributed by atoms with Crippen LogP contribution in [0, 0.1) is 0 Å². The number of ether oxygens (including phenoxy) is 1. The Hall–Kier alpha value is -4.18. The van der Waals surface area contributed by atoms with Crippen molar-refractivity contribution in [3.05, 3.63) is 120 Å². The zero-order valence-electron chi connectivity index (χ0n) is 21.5.